The second-order valence-corrected chi connectivity index (χ2v) is 9.35. The van der Waals surface area contributed by atoms with Gasteiger partial charge in [-0.3, -0.25) is 0 Å². The van der Waals surface area contributed by atoms with Crippen molar-refractivity contribution in [2.24, 2.45) is 0 Å². The van der Waals surface area contributed by atoms with Crippen molar-refractivity contribution in [1.29, 1.82) is 0 Å². The third-order valence-electron chi connectivity index (χ3n) is 2.60. The average molecular weight is 606 g/mol. The molecule has 0 saturated carbocycles. The molecule has 0 spiro atoms. The molecular weight excluding hydrogens is 600 g/mol. The maximum Gasteiger partial charge on any atom is 0.0546 e. The molecule has 1 aliphatic rings. The Bertz CT molecular complexity index is 379. The Kier molecular flexibility index (Phi) is 5.09. The van der Waals surface area contributed by atoms with Crippen molar-refractivity contribution in [1.82, 2.24) is 0 Å². The lowest BCUT2D eigenvalue weighted by Gasteiger charge is -2.35. The van der Waals surface area contributed by atoms with E-state index >= 15 is 0 Å². The molecule has 0 N–H and O–H groups in total. The van der Waals surface area contributed by atoms with E-state index in [1.165, 1.54) is 11.1 Å². The average Bonchev–Trinajstić information content (AvgIpc) is 2.26. The Morgan fingerprint density at radius 1 is 0.688 bits per heavy atom. The fourth-order valence-corrected chi connectivity index (χ4v) is 7.19. The van der Waals surface area contributed by atoms with Gasteiger partial charge in [0.05, 0.1) is 9.65 Å². The van der Waals surface area contributed by atoms with E-state index in [0.29, 0.717) is 9.65 Å². The van der Waals surface area contributed by atoms with Crippen LogP contribution in [0.15, 0.2) is 21.1 Å². The molecule has 88 valence electrons. The van der Waals surface area contributed by atoms with Crippen molar-refractivity contribution >= 4 is 95.6 Å². The third-order valence-corrected chi connectivity index (χ3v) is 10.4. The lowest BCUT2D eigenvalue weighted by molar-refractivity contribution is 0.722. The van der Waals surface area contributed by atoms with E-state index in [4.69, 9.17) is 0 Å². The lowest BCUT2D eigenvalue weighted by Crippen LogP contribution is -2.30. The van der Waals surface area contributed by atoms with Crippen molar-refractivity contribution in [2.75, 3.05) is 0 Å². The zero-order valence-electron chi connectivity index (χ0n) is 7.73. The summed E-state index contributed by atoms with van der Waals surface area (Å²) in [6, 6.07) is 4.15. The largest absolute Gasteiger partial charge is 0.0862 e. The van der Waals surface area contributed by atoms with Crippen LogP contribution < -0.4 is 0 Å². The number of hydrogen-bond acceptors (Lipinski definition) is 0. The van der Waals surface area contributed by atoms with Crippen LogP contribution in [0.5, 0.6) is 0 Å². The first-order valence-electron chi connectivity index (χ1n) is 4.49. The third kappa shape index (κ3) is 2.40. The molecule has 0 nitrogen and oxygen atoms in total. The summed E-state index contributed by atoms with van der Waals surface area (Å²) >= 11 is 22.2. The van der Waals surface area contributed by atoms with Crippen LogP contribution in [0.2, 0.25) is 0 Å². The highest BCUT2D eigenvalue weighted by Crippen LogP contribution is 2.54. The van der Waals surface area contributed by atoms with Gasteiger partial charge in [0.2, 0.25) is 0 Å². The molecular formula is C10H6Br6. The van der Waals surface area contributed by atoms with E-state index in [-0.39, 0.29) is 9.65 Å². The summed E-state index contributed by atoms with van der Waals surface area (Å²) in [7, 11) is 0. The molecule has 1 aromatic carbocycles. The molecule has 0 unspecified atom stereocenters. The fraction of sp³-hybridized carbons (Fsp3) is 0.400. The van der Waals surface area contributed by atoms with Gasteiger partial charge in [0, 0.05) is 18.6 Å². The molecule has 0 radical (unpaired) electrons. The molecule has 1 aliphatic carbocycles. The summed E-state index contributed by atoms with van der Waals surface area (Å²) in [6.07, 6.45) is 0. The predicted octanol–water partition coefficient (Wildman–Crippen LogP) is 6.62. The zero-order chi connectivity index (χ0) is 12.0. The second-order valence-electron chi connectivity index (χ2n) is 3.55. The molecule has 0 aromatic heterocycles. The Hall–Kier alpha value is 2.10. The van der Waals surface area contributed by atoms with Gasteiger partial charge in [-0.25, -0.2) is 0 Å². The number of alkyl halides is 4. The first kappa shape index (κ1) is 14.5. The molecule has 0 aliphatic heterocycles. The minimum Gasteiger partial charge on any atom is -0.0862 e. The summed E-state index contributed by atoms with van der Waals surface area (Å²) in [5.74, 6) is 0. The first-order chi connectivity index (χ1) is 7.45. The molecule has 16 heavy (non-hydrogen) atoms. The summed E-state index contributed by atoms with van der Waals surface area (Å²) < 4.78 is 2.28. The summed E-state index contributed by atoms with van der Waals surface area (Å²) in [5.41, 5.74) is 2.60. The van der Waals surface area contributed by atoms with Gasteiger partial charge >= 0.3 is 0 Å². The van der Waals surface area contributed by atoms with Crippen LogP contribution in [0, 0.1) is 0 Å². The minimum atomic E-state index is 0.285. The van der Waals surface area contributed by atoms with Crippen molar-refractivity contribution in [2.45, 2.75) is 19.3 Å². The van der Waals surface area contributed by atoms with Crippen LogP contribution in [0.25, 0.3) is 0 Å². The van der Waals surface area contributed by atoms with Crippen LogP contribution in [0.3, 0.4) is 0 Å². The minimum absolute atomic E-state index is 0.285. The van der Waals surface area contributed by atoms with Gasteiger partial charge in [-0.2, -0.15) is 0 Å². The Labute approximate surface area is 145 Å². The van der Waals surface area contributed by atoms with E-state index < -0.39 is 0 Å². The first-order valence-corrected chi connectivity index (χ1v) is 9.74. The van der Waals surface area contributed by atoms with Crippen molar-refractivity contribution in [3.05, 3.63) is 32.2 Å². The predicted molar refractivity (Wildman–Crippen MR) is 90.6 cm³/mol. The number of halogens is 6. The molecule has 1 aromatic rings. The molecule has 0 bridgehead atoms. The van der Waals surface area contributed by atoms with E-state index in [0.717, 1.165) is 8.95 Å². The normalized spacial score (nSPS) is 33.6. The van der Waals surface area contributed by atoms with Crippen LogP contribution >= 0.6 is 95.6 Å². The molecule has 6 heteroatoms. The van der Waals surface area contributed by atoms with Crippen LogP contribution in [0.1, 0.15) is 20.8 Å². The number of hydrogen-bond donors (Lipinski definition) is 0. The monoisotopic (exact) mass is 600 g/mol. The summed E-state index contributed by atoms with van der Waals surface area (Å²) in [4.78, 5) is 1.25. The highest BCUT2D eigenvalue weighted by molar-refractivity contribution is 9.14. The number of benzene rings is 1. The molecule has 2 rings (SSSR count). The Balaban J connectivity index is 2.67. The van der Waals surface area contributed by atoms with E-state index in [9.17, 15) is 0 Å². The van der Waals surface area contributed by atoms with Gasteiger partial charge in [-0.05, 0) is 23.3 Å². The van der Waals surface area contributed by atoms with Crippen LogP contribution in [-0.4, -0.2) is 9.65 Å². The smallest absolute Gasteiger partial charge is 0.0546 e. The van der Waals surface area contributed by atoms with Gasteiger partial charge in [0.15, 0.2) is 0 Å². The van der Waals surface area contributed by atoms with Gasteiger partial charge in [0.25, 0.3) is 0 Å². The molecule has 0 saturated heterocycles. The second kappa shape index (κ2) is 5.61. The van der Waals surface area contributed by atoms with E-state index in [1.54, 1.807) is 0 Å². The maximum atomic E-state index is 3.76. The quantitative estimate of drug-likeness (QED) is 0.292. The van der Waals surface area contributed by atoms with Crippen molar-refractivity contribution in [3.8, 4) is 0 Å². The SMILES string of the molecule is Brc1ccc(Br)c2c1[C@@H](Br)[C@H](Br)[C@H](Br)[C@H]2Br. The summed E-state index contributed by atoms with van der Waals surface area (Å²) in [5, 5.41) is 0. The number of rotatable bonds is 0. The van der Waals surface area contributed by atoms with Gasteiger partial charge < -0.3 is 0 Å². The number of fused-ring (bicyclic) bond motifs is 1. The standard InChI is InChI=1S/C10H6Br6/c11-3-1-2-4(12)6-5(3)7(13)9(15)10(16)8(6)14/h1-2,7-10H/t7-,8+,9+,10-. The molecule has 4 atom stereocenters. The molecule has 0 heterocycles. The lowest BCUT2D eigenvalue weighted by atomic mass is 9.91. The summed E-state index contributed by atoms with van der Waals surface area (Å²) in [6.45, 7) is 0. The van der Waals surface area contributed by atoms with Crippen molar-refractivity contribution in [3.63, 3.8) is 0 Å². The van der Waals surface area contributed by atoms with Gasteiger partial charge in [-0.1, -0.05) is 95.6 Å². The fourth-order valence-electron chi connectivity index (χ4n) is 1.79. The van der Waals surface area contributed by atoms with Crippen molar-refractivity contribution < 1.29 is 0 Å². The van der Waals surface area contributed by atoms with Gasteiger partial charge in [-0.15, -0.1) is 0 Å². The zero-order valence-corrected chi connectivity index (χ0v) is 17.2. The van der Waals surface area contributed by atoms with E-state index in [2.05, 4.69) is 108 Å². The Morgan fingerprint density at radius 2 is 1.00 bits per heavy atom. The highest BCUT2D eigenvalue weighted by atomic mass is 79.9. The molecule has 0 fully saturated rings. The maximum absolute atomic E-state index is 3.76. The molecule has 0 amide bonds. The van der Waals surface area contributed by atoms with Crippen LogP contribution in [0.4, 0.5) is 0 Å². The highest BCUT2D eigenvalue weighted by Gasteiger charge is 2.40. The van der Waals surface area contributed by atoms with Crippen LogP contribution in [-0.2, 0) is 0 Å². The topological polar surface area (TPSA) is 0 Å². The van der Waals surface area contributed by atoms with E-state index in [1.807, 2.05) is 0 Å². The Morgan fingerprint density at radius 3 is 1.31 bits per heavy atom. The van der Waals surface area contributed by atoms with Gasteiger partial charge in [0.1, 0.15) is 0 Å².